The average molecular weight is 509 g/mol. The largest absolute Gasteiger partial charge is 0.498 e. The number of fused-ring (bicyclic) bond motifs is 1. The van der Waals surface area contributed by atoms with Gasteiger partial charge in [0.15, 0.2) is 5.65 Å². The van der Waals surface area contributed by atoms with E-state index in [9.17, 15) is 13.2 Å². The highest BCUT2D eigenvalue weighted by Crippen LogP contribution is 2.52. The number of esters is 1. The van der Waals surface area contributed by atoms with Gasteiger partial charge in [-0.1, -0.05) is 34.1 Å². The normalized spacial score (nSPS) is 19.3. The quantitative estimate of drug-likeness (QED) is 0.381. The van der Waals surface area contributed by atoms with Gasteiger partial charge in [0.1, 0.15) is 10.7 Å². The maximum Gasteiger partial charge on any atom is 0.347 e. The predicted octanol–water partition coefficient (Wildman–Crippen LogP) is 3.86. The van der Waals surface area contributed by atoms with Crippen LogP contribution in [0.5, 0.6) is 0 Å². The fourth-order valence-electron chi connectivity index (χ4n) is 3.36. The number of carbonyl (C=O) groups is 1. The van der Waals surface area contributed by atoms with Crippen LogP contribution in [0.15, 0.2) is 70.4 Å². The van der Waals surface area contributed by atoms with E-state index in [-0.39, 0.29) is 15.0 Å². The third kappa shape index (κ3) is 3.32. The van der Waals surface area contributed by atoms with E-state index in [2.05, 4.69) is 20.9 Å². The van der Waals surface area contributed by atoms with Crippen LogP contribution in [0.3, 0.4) is 0 Å². The highest BCUT2D eigenvalue weighted by molar-refractivity contribution is 9.09. The van der Waals surface area contributed by atoms with Gasteiger partial charge in [-0.05, 0) is 29.8 Å². The molecule has 0 saturated carbocycles. The molecule has 0 fully saturated rings. The van der Waals surface area contributed by atoms with Crippen LogP contribution < -0.4 is 0 Å². The molecule has 1 aliphatic heterocycles. The maximum atomic E-state index is 13.1. The summed E-state index contributed by atoms with van der Waals surface area (Å²) in [5, 5.41) is 0.454. The molecule has 0 spiro atoms. The van der Waals surface area contributed by atoms with Gasteiger partial charge in [0.25, 0.3) is 10.0 Å². The van der Waals surface area contributed by atoms with Crippen molar-refractivity contribution in [2.75, 3.05) is 14.2 Å². The van der Waals surface area contributed by atoms with Crippen molar-refractivity contribution in [3.05, 3.63) is 71.1 Å². The summed E-state index contributed by atoms with van der Waals surface area (Å²) in [7, 11) is -0.974. The summed E-state index contributed by atoms with van der Waals surface area (Å²) in [6, 6.07) is 11.7. The van der Waals surface area contributed by atoms with Crippen LogP contribution in [-0.2, 0) is 24.3 Å². The molecule has 3 aromatic rings. The van der Waals surface area contributed by atoms with Crippen molar-refractivity contribution in [2.45, 2.75) is 15.0 Å². The summed E-state index contributed by atoms with van der Waals surface area (Å²) in [5.74, 6) is 0.0106. The summed E-state index contributed by atoms with van der Waals surface area (Å²) >= 11 is 4.93. The van der Waals surface area contributed by atoms with E-state index >= 15 is 0 Å². The molecular formula is C20H17BrN2O5S2. The highest BCUT2D eigenvalue weighted by atomic mass is 79.9. The van der Waals surface area contributed by atoms with Crippen molar-refractivity contribution in [3.8, 4) is 0 Å². The number of aromatic nitrogens is 2. The lowest BCUT2D eigenvalue weighted by Crippen LogP contribution is -2.13. The second-order valence-electron chi connectivity index (χ2n) is 6.40. The van der Waals surface area contributed by atoms with Crippen molar-refractivity contribution in [2.24, 2.45) is 0 Å². The van der Waals surface area contributed by atoms with Gasteiger partial charge in [0, 0.05) is 17.8 Å². The summed E-state index contributed by atoms with van der Waals surface area (Å²) < 4.78 is 37.7. The number of benzene rings is 1. The topological polar surface area (TPSA) is 87.5 Å². The molecule has 0 saturated heterocycles. The first-order valence-electron chi connectivity index (χ1n) is 8.84. The standard InChI is InChI=1S/C20H17BrN2O5S2/c1-27-16-15(21)17(29-18(16)20(24)28-2)13-8-10-22-19-14(13)9-11-23(19)30(25,26)12-6-4-3-5-7-12/h3-11,15,17H,1-2H3. The number of carbonyl (C=O) groups excluding carboxylic acids is 1. The molecular weight excluding hydrogens is 492 g/mol. The fourth-order valence-corrected chi connectivity index (χ4v) is 7.19. The Hall–Kier alpha value is -2.30. The van der Waals surface area contributed by atoms with Gasteiger partial charge in [-0.15, -0.1) is 11.8 Å². The lowest BCUT2D eigenvalue weighted by molar-refractivity contribution is -0.135. The van der Waals surface area contributed by atoms with Gasteiger partial charge in [0.05, 0.1) is 29.2 Å². The Labute approximate surface area is 186 Å². The first kappa shape index (κ1) is 21.0. The molecule has 4 rings (SSSR count). The molecule has 2 unspecified atom stereocenters. The Kier molecular flexibility index (Phi) is 5.65. The number of allylic oxidation sites excluding steroid dienone is 1. The van der Waals surface area contributed by atoms with Crippen LogP contribution in [0.1, 0.15) is 10.8 Å². The van der Waals surface area contributed by atoms with Crippen LogP contribution in [0.2, 0.25) is 0 Å². The van der Waals surface area contributed by atoms with Crippen molar-refractivity contribution in [1.82, 2.24) is 8.96 Å². The molecule has 2 atom stereocenters. The van der Waals surface area contributed by atoms with E-state index in [0.717, 1.165) is 5.56 Å². The van der Waals surface area contributed by atoms with E-state index < -0.39 is 16.0 Å². The van der Waals surface area contributed by atoms with Crippen molar-refractivity contribution >= 4 is 54.7 Å². The van der Waals surface area contributed by atoms with Crippen molar-refractivity contribution in [1.29, 1.82) is 0 Å². The summed E-state index contributed by atoms with van der Waals surface area (Å²) in [5.41, 5.74) is 1.16. The lowest BCUT2D eigenvalue weighted by atomic mass is 10.1. The molecule has 1 aromatic carbocycles. The molecule has 30 heavy (non-hydrogen) atoms. The van der Waals surface area contributed by atoms with Crippen molar-refractivity contribution in [3.63, 3.8) is 0 Å². The predicted molar refractivity (Wildman–Crippen MR) is 118 cm³/mol. The lowest BCUT2D eigenvalue weighted by Gasteiger charge is -2.16. The average Bonchev–Trinajstić information content (AvgIpc) is 3.35. The zero-order chi connectivity index (χ0) is 21.5. The number of rotatable bonds is 5. The van der Waals surface area contributed by atoms with Crippen LogP contribution in [-0.4, -0.2) is 42.4 Å². The van der Waals surface area contributed by atoms with Gasteiger partial charge >= 0.3 is 5.97 Å². The molecule has 156 valence electrons. The second-order valence-corrected chi connectivity index (χ2v) is 10.3. The summed E-state index contributed by atoms with van der Waals surface area (Å²) in [4.78, 5) is 16.8. The number of thioether (sulfide) groups is 1. The maximum absolute atomic E-state index is 13.1. The molecule has 0 bridgehead atoms. The highest BCUT2D eigenvalue weighted by Gasteiger charge is 2.40. The molecule has 0 amide bonds. The minimum atomic E-state index is -3.79. The van der Waals surface area contributed by atoms with Gasteiger partial charge in [-0.25, -0.2) is 22.2 Å². The van der Waals surface area contributed by atoms with E-state index in [1.807, 2.05) is 6.07 Å². The number of hydrogen-bond acceptors (Lipinski definition) is 7. The third-order valence-electron chi connectivity index (χ3n) is 4.77. The van der Waals surface area contributed by atoms with E-state index in [4.69, 9.17) is 9.47 Å². The number of methoxy groups -OCH3 is 2. The van der Waals surface area contributed by atoms with E-state index in [1.165, 1.54) is 36.2 Å². The number of nitrogens with zero attached hydrogens (tertiary/aromatic N) is 2. The Morgan fingerprint density at radius 3 is 2.57 bits per heavy atom. The SMILES string of the molecule is COC(=O)C1=C(OC)C(Br)C(c2ccnc3c2ccn3S(=O)(=O)c2ccccc2)S1. The zero-order valence-electron chi connectivity index (χ0n) is 16.0. The Morgan fingerprint density at radius 2 is 1.90 bits per heavy atom. The molecule has 1 aliphatic rings. The fraction of sp³-hybridized carbons (Fsp3) is 0.200. The molecule has 3 heterocycles. The molecule has 7 nitrogen and oxygen atoms in total. The van der Waals surface area contributed by atoms with E-state index in [1.54, 1.807) is 42.6 Å². The number of pyridine rings is 1. The monoisotopic (exact) mass is 508 g/mol. The van der Waals surface area contributed by atoms with Crippen LogP contribution in [0, 0.1) is 0 Å². The molecule has 2 aromatic heterocycles. The Morgan fingerprint density at radius 1 is 1.17 bits per heavy atom. The minimum absolute atomic E-state index is 0.180. The van der Waals surface area contributed by atoms with Gasteiger partial charge in [-0.3, -0.25) is 0 Å². The number of alkyl halides is 1. The van der Waals surface area contributed by atoms with Crippen molar-refractivity contribution < 1.29 is 22.7 Å². The molecule has 0 aliphatic carbocycles. The summed E-state index contributed by atoms with van der Waals surface area (Å²) in [6.45, 7) is 0. The molecule has 0 radical (unpaired) electrons. The van der Waals surface area contributed by atoms with Gasteiger partial charge in [-0.2, -0.15) is 0 Å². The first-order chi connectivity index (χ1) is 14.4. The zero-order valence-corrected chi connectivity index (χ0v) is 19.2. The van der Waals surface area contributed by atoms with E-state index in [0.29, 0.717) is 21.7 Å². The number of halogens is 1. The van der Waals surface area contributed by atoms with Crippen LogP contribution in [0.25, 0.3) is 11.0 Å². The smallest absolute Gasteiger partial charge is 0.347 e. The second kappa shape index (κ2) is 8.09. The molecule has 0 N–H and O–H groups in total. The minimum Gasteiger partial charge on any atom is -0.498 e. The third-order valence-corrected chi connectivity index (χ3v) is 9.13. The molecule has 10 heteroatoms. The Bertz CT molecular complexity index is 1250. The van der Waals surface area contributed by atoms with Gasteiger partial charge < -0.3 is 9.47 Å². The first-order valence-corrected chi connectivity index (χ1v) is 12.1. The number of ether oxygens (including phenoxy) is 2. The van der Waals surface area contributed by atoms with Gasteiger partial charge in [0.2, 0.25) is 0 Å². The number of hydrogen-bond donors (Lipinski definition) is 0. The van der Waals surface area contributed by atoms with Crippen LogP contribution >= 0.6 is 27.7 Å². The summed E-state index contributed by atoms with van der Waals surface area (Å²) in [6.07, 6.45) is 3.07. The Balaban J connectivity index is 1.80. The van der Waals surface area contributed by atoms with Crippen LogP contribution in [0.4, 0.5) is 0 Å².